The van der Waals surface area contributed by atoms with Gasteiger partial charge in [-0.1, -0.05) is 0 Å². The number of nitrogens with one attached hydrogen (secondary N) is 1. The van der Waals surface area contributed by atoms with Gasteiger partial charge >= 0.3 is 0 Å². The van der Waals surface area contributed by atoms with Crippen LogP contribution in [0.25, 0.3) is 11.3 Å². The normalized spacial score (nSPS) is 10.7. The molecule has 17 heavy (non-hydrogen) atoms. The van der Waals surface area contributed by atoms with Gasteiger partial charge in [-0.15, -0.1) is 0 Å². The average molecular weight is 234 g/mol. The molecule has 6 nitrogen and oxygen atoms in total. The Labute approximate surface area is 98.3 Å². The monoisotopic (exact) mass is 234 g/mol. The molecule has 0 saturated heterocycles. The molecule has 0 bridgehead atoms. The summed E-state index contributed by atoms with van der Waals surface area (Å²) in [4.78, 5) is 18.4. The molecule has 2 rings (SSSR count). The highest BCUT2D eigenvalue weighted by Gasteiger charge is 2.06. The van der Waals surface area contributed by atoms with E-state index in [-0.39, 0.29) is 12.2 Å². The van der Waals surface area contributed by atoms with Crippen LogP contribution in [-0.2, 0) is 17.9 Å². The fourth-order valence-corrected chi connectivity index (χ4v) is 1.53. The van der Waals surface area contributed by atoms with Crippen LogP contribution in [0.4, 0.5) is 0 Å². The summed E-state index contributed by atoms with van der Waals surface area (Å²) in [5.74, 6) is 0.513. The Morgan fingerprint density at radius 1 is 1.53 bits per heavy atom. The minimum absolute atomic E-state index is 0.189. The number of hydrogen-bond donors (Lipinski definition) is 1. The minimum Gasteiger partial charge on any atom is -0.377 e. The largest absolute Gasteiger partial charge is 0.377 e. The Bertz CT molecular complexity index is 559. The van der Waals surface area contributed by atoms with Crippen LogP contribution in [0.3, 0.4) is 0 Å². The smallest absolute Gasteiger partial charge is 0.251 e. The lowest BCUT2D eigenvalue weighted by atomic mass is 10.2. The van der Waals surface area contributed by atoms with Crippen molar-refractivity contribution in [2.75, 3.05) is 7.11 Å². The van der Waals surface area contributed by atoms with Gasteiger partial charge in [0.2, 0.25) is 0 Å². The van der Waals surface area contributed by atoms with Gasteiger partial charge in [-0.2, -0.15) is 5.10 Å². The Morgan fingerprint density at radius 2 is 2.35 bits per heavy atom. The molecular formula is C11H14N4O2. The second kappa shape index (κ2) is 4.92. The fraction of sp³-hybridized carbons (Fsp3) is 0.364. The molecule has 2 heterocycles. The van der Waals surface area contributed by atoms with Gasteiger partial charge in [0.15, 0.2) is 0 Å². The molecule has 0 amide bonds. The number of aromatic amines is 1. The van der Waals surface area contributed by atoms with Crippen molar-refractivity contribution in [2.45, 2.75) is 20.1 Å². The molecule has 6 heteroatoms. The highest BCUT2D eigenvalue weighted by Crippen LogP contribution is 2.13. The van der Waals surface area contributed by atoms with Crippen molar-refractivity contribution in [3.05, 3.63) is 34.6 Å². The highest BCUT2D eigenvalue weighted by atomic mass is 16.5. The van der Waals surface area contributed by atoms with Gasteiger partial charge in [-0.05, 0) is 6.92 Å². The van der Waals surface area contributed by atoms with E-state index in [9.17, 15) is 4.79 Å². The van der Waals surface area contributed by atoms with Crippen LogP contribution < -0.4 is 5.56 Å². The number of methoxy groups -OCH3 is 1. The summed E-state index contributed by atoms with van der Waals surface area (Å²) in [6.45, 7) is 3.07. The van der Waals surface area contributed by atoms with E-state index in [0.717, 1.165) is 12.1 Å². The van der Waals surface area contributed by atoms with Gasteiger partial charge in [0.1, 0.15) is 12.4 Å². The van der Waals surface area contributed by atoms with Crippen LogP contribution in [0, 0.1) is 0 Å². The van der Waals surface area contributed by atoms with Gasteiger partial charge in [-0.25, -0.2) is 4.98 Å². The first-order valence-corrected chi connectivity index (χ1v) is 5.35. The fourth-order valence-electron chi connectivity index (χ4n) is 1.53. The van der Waals surface area contributed by atoms with Crippen LogP contribution in [0.1, 0.15) is 12.7 Å². The maximum atomic E-state index is 11.5. The van der Waals surface area contributed by atoms with Crippen molar-refractivity contribution in [1.82, 2.24) is 19.7 Å². The molecule has 0 radical (unpaired) electrons. The van der Waals surface area contributed by atoms with Gasteiger partial charge in [-0.3, -0.25) is 9.48 Å². The third-order valence-corrected chi connectivity index (χ3v) is 2.32. The van der Waals surface area contributed by atoms with Crippen LogP contribution in [0.15, 0.2) is 23.3 Å². The number of nitrogens with zero attached hydrogens (tertiary/aromatic N) is 3. The van der Waals surface area contributed by atoms with E-state index in [1.807, 2.05) is 13.1 Å². The maximum Gasteiger partial charge on any atom is 0.251 e. The van der Waals surface area contributed by atoms with Crippen molar-refractivity contribution in [3.8, 4) is 11.3 Å². The number of H-pyrrole nitrogens is 1. The van der Waals surface area contributed by atoms with E-state index >= 15 is 0 Å². The summed E-state index contributed by atoms with van der Waals surface area (Å²) in [6.07, 6.45) is 3.56. The van der Waals surface area contributed by atoms with Gasteiger partial charge < -0.3 is 9.72 Å². The van der Waals surface area contributed by atoms with Crippen molar-refractivity contribution in [3.63, 3.8) is 0 Å². The standard InChI is InChI=1S/C11H14N4O2/c1-3-15-6-8(5-12-15)9-4-11(16)14-10(13-9)7-17-2/h4-6H,3,7H2,1-2H3,(H,13,14,16). The summed E-state index contributed by atoms with van der Waals surface area (Å²) in [6, 6.07) is 1.45. The second-order valence-corrected chi connectivity index (χ2v) is 3.60. The third kappa shape index (κ3) is 2.59. The summed E-state index contributed by atoms with van der Waals surface area (Å²) in [5, 5.41) is 4.15. The van der Waals surface area contributed by atoms with Gasteiger partial charge in [0, 0.05) is 31.5 Å². The number of aryl methyl sites for hydroxylation is 1. The molecule has 0 unspecified atom stereocenters. The first kappa shape index (κ1) is 11.5. The molecule has 90 valence electrons. The summed E-state index contributed by atoms with van der Waals surface area (Å²) < 4.78 is 6.73. The summed E-state index contributed by atoms with van der Waals surface area (Å²) in [7, 11) is 1.56. The van der Waals surface area contributed by atoms with Crippen LogP contribution in [-0.4, -0.2) is 26.9 Å². The van der Waals surface area contributed by atoms with Crippen molar-refractivity contribution < 1.29 is 4.74 Å². The SMILES string of the molecule is CCn1cc(-c2cc(=O)[nH]c(COC)n2)cn1. The van der Waals surface area contributed by atoms with E-state index in [4.69, 9.17) is 4.74 Å². The Balaban J connectivity index is 2.40. The topological polar surface area (TPSA) is 72.8 Å². The molecule has 2 aromatic heterocycles. The first-order valence-electron chi connectivity index (χ1n) is 5.35. The van der Waals surface area contributed by atoms with Crippen molar-refractivity contribution in [1.29, 1.82) is 0 Å². The number of aromatic nitrogens is 4. The predicted octanol–water partition coefficient (Wildman–Crippen LogP) is 0.800. The predicted molar refractivity (Wildman–Crippen MR) is 62.5 cm³/mol. The van der Waals surface area contributed by atoms with Crippen LogP contribution in [0.2, 0.25) is 0 Å². The van der Waals surface area contributed by atoms with E-state index in [1.165, 1.54) is 6.07 Å². The Morgan fingerprint density at radius 3 is 3.00 bits per heavy atom. The molecular weight excluding hydrogens is 220 g/mol. The molecule has 0 fully saturated rings. The maximum absolute atomic E-state index is 11.5. The molecule has 0 aromatic carbocycles. The lowest BCUT2D eigenvalue weighted by molar-refractivity contribution is 0.177. The van der Waals surface area contributed by atoms with E-state index in [1.54, 1.807) is 18.0 Å². The number of ether oxygens (including phenoxy) is 1. The molecule has 0 saturated carbocycles. The second-order valence-electron chi connectivity index (χ2n) is 3.60. The molecule has 0 atom stereocenters. The zero-order valence-electron chi connectivity index (χ0n) is 9.80. The zero-order valence-corrected chi connectivity index (χ0v) is 9.80. The molecule has 1 N–H and O–H groups in total. The van der Waals surface area contributed by atoms with Crippen molar-refractivity contribution >= 4 is 0 Å². The minimum atomic E-state index is -0.189. The van der Waals surface area contributed by atoms with E-state index in [2.05, 4.69) is 15.1 Å². The van der Waals surface area contributed by atoms with Gasteiger partial charge in [0.05, 0.1) is 11.9 Å². The summed E-state index contributed by atoms with van der Waals surface area (Å²) >= 11 is 0. The zero-order chi connectivity index (χ0) is 12.3. The lowest BCUT2D eigenvalue weighted by Crippen LogP contribution is -2.11. The molecule has 0 aliphatic rings. The van der Waals surface area contributed by atoms with Crippen LogP contribution >= 0.6 is 0 Å². The Hall–Kier alpha value is -1.95. The van der Waals surface area contributed by atoms with Crippen molar-refractivity contribution in [2.24, 2.45) is 0 Å². The third-order valence-electron chi connectivity index (χ3n) is 2.32. The molecule has 0 aliphatic heterocycles. The lowest BCUT2D eigenvalue weighted by Gasteiger charge is -2.01. The number of rotatable bonds is 4. The summed E-state index contributed by atoms with van der Waals surface area (Å²) in [5.41, 5.74) is 1.25. The van der Waals surface area contributed by atoms with E-state index < -0.39 is 0 Å². The highest BCUT2D eigenvalue weighted by molar-refractivity contribution is 5.56. The molecule has 2 aromatic rings. The molecule has 0 aliphatic carbocycles. The van der Waals surface area contributed by atoms with Crippen LogP contribution in [0.5, 0.6) is 0 Å². The molecule has 0 spiro atoms. The number of hydrogen-bond acceptors (Lipinski definition) is 4. The van der Waals surface area contributed by atoms with E-state index in [0.29, 0.717) is 11.5 Å². The first-order chi connectivity index (χ1) is 8.22. The average Bonchev–Trinajstić information content (AvgIpc) is 2.77. The quantitative estimate of drug-likeness (QED) is 0.849. The Kier molecular flexibility index (Phi) is 3.34. The van der Waals surface area contributed by atoms with Gasteiger partial charge in [0.25, 0.3) is 5.56 Å².